The lowest BCUT2D eigenvalue weighted by Gasteiger charge is -2.32. The summed E-state index contributed by atoms with van der Waals surface area (Å²) in [5.41, 5.74) is 1.90. The Hall–Kier alpha value is -1.59. The number of nitrogens with zero attached hydrogens (tertiary/aromatic N) is 1. The first-order valence-electron chi connectivity index (χ1n) is 7.19. The van der Waals surface area contributed by atoms with Gasteiger partial charge in [0, 0.05) is 5.56 Å². The van der Waals surface area contributed by atoms with Gasteiger partial charge in [-0.25, -0.2) is 0 Å². The number of rotatable bonds is 2. The number of hydrogen-bond acceptors (Lipinski definition) is 4. The molecule has 0 unspecified atom stereocenters. The fourth-order valence-corrected chi connectivity index (χ4v) is 2.42. The van der Waals surface area contributed by atoms with Crippen LogP contribution in [-0.4, -0.2) is 23.5 Å². The predicted octanol–water partition coefficient (Wildman–Crippen LogP) is 2.95. The van der Waals surface area contributed by atoms with Gasteiger partial charge in [-0.1, -0.05) is 35.5 Å². The van der Waals surface area contributed by atoms with E-state index in [1.54, 1.807) is 0 Å². The fourth-order valence-electron chi connectivity index (χ4n) is 2.42. The van der Waals surface area contributed by atoms with Crippen molar-refractivity contribution in [3.05, 3.63) is 36.1 Å². The van der Waals surface area contributed by atoms with Gasteiger partial charge < -0.3 is 13.8 Å². The summed E-state index contributed by atoms with van der Waals surface area (Å²) < 4.78 is 17.6. The lowest BCUT2D eigenvalue weighted by Crippen LogP contribution is -2.41. The van der Waals surface area contributed by atoms with Crippen molar-refractivity contribution in [2.24, 2.45) is 0 Å². The van der Waals surface area contributed by atoms with Crippen molar-refractivity contribution in [2.75, 3.05) is 0 Å². The second-order valence-corrected chi connectivity index (χ2v) is 6.46. The van der Waals surface area contributed by atoms with Crippen molar-refractivity contribution >= 4 is 12.6 Å². The van der Waals surface area contributed by atoms with Crippen molar-refractivity contribution in [3.63, 3.8) is 0 Å². The predicted molar refractivity (Wildman–Crippen MR) is 82.4 cm³/mol. The van der Waals surface area contributed by atoms with Crippen molar-refractivity contribution in [3.8, 4) is 11.3 Å². The molecule has 110 valence electrons. The summed E-state index contributed by atoms with van der Waals surface area (Å²) in [6, 6.07) is 9.95. The number of aryl methyl sites for hydroxylation is 1. The molecule has 4 nitrogen and oxygen atoms in total. The van der Waals surface area contributed by atoms with Gasteiger partial charge in [0.15, 0.2) is 0 Å². The van der Waals surface area contributed by atoms with Crippen LogP contribution >= 0.6 is 0 Å². The van der Waals surface area contributed by atoms with Crippen molar-refractivity contribution in [1.82, 2.24) is 5.16 Å². The molecule has 0 radical (unpaired) electrons. The van der Waals surface area contributed by atoms with E-state index < -0.39 is 7.12 Å². The van der Waals surface area contributed by atoms with E-state index in [4.69, 9.17) is 13.8 Å². The zero-order valence-electron chi connectivity index (χ0n) is 13.1. The molecule has 0 amide bonds. The first kappa shape index (κ1) is 14.4. The molecule has 1 aromatic carbocycles. The van der Waals surface area contributed by atoms with Crippen LogP contribution in [0.4, 0.5) is 0 Å². The van der Waals surface area contributed by atoms with Crippen LogP contribution in [0.25, 0.3) is 11.3 Å². The van der Waals surface area contributed by atoms with Gasteiger partial charge in [0.1, 0.15) is 11.5 Å². The van der Waals surface area contributed by atoms with Crippen LogP contribution in [0.5, 0.6) is 0 Å². The molecule has 0 atom stereocenters. The first-order chi connectivity index (χ1) is 9.82. The summed E-state index contributed by atoms with van der Waals surface area (Å²) in [5, 5.41) is 4.19. The van der Waals surface area contributed by atoms with Gasteiger partial charge in [0.05, 0.1) is 16.7 Å². The smallest absolute Gasteiger partial charge is 0.399 e. The van der Waals surface area contributed by atoms with Crippen molar-refractivity contribution < 1.29 is 13.8 Å². The van der Waals surface area contributed by atoms with Gasteiger partial charge >= 0.3 is 7.12 Å². The Morgan fingerprint density at radius 1 is 0.952 bits per heavy atom. The summed E-state index contributed by atoms with van der Waals surface area (Å²) in [5.74, 6) is 0.729. The Bertz CT molecular complexity index is 633. The summed E-state index contributed by atoms with van der Waals surface area (Å²) in [6.07, 6.45) is 0. The molecule has 0 N–H and O–H groups in total. The molecule has 0 spiro atoms. The van der Waals surface area contributed by atoms with Crippen LogP contribution < -0.4 is 5.46 Å². The van der Waals surface area contributed by atoms with Gasteiger partial charge in [0.25, 0.3) is 0 Å². The molecule has 21 heavy (non-hydrogen) atoms. The molecule has 1 aliphatic rings. The average Bonchev–Trinajstić information content (AvgIpc) is 2.89. The maximum Gasteiger partial charge on any atom is 0.500 e. The van der Waals surface area contributed by atoms with Crippen LogP contribution in [0, 0.1) is 6.92 Å². The van der Waals surface area contributed by atoms with Gasteiger partial charge in [-0.3, -0.25) is 0 Å². The molecule has 1 aromatic heterocycles. The van der Waals surface area contributed by atoms with E-state index in [1.165, 1.54) is 0 Å². The normalized spacial score (nSPS) is 20.0. The Morgan fingerprint density at radius 3 is 2.10 bits per heavy atom. The summed E-state index contributed by atoms with van der Waals surface area (Å²) in [7, 11) is -0.462. The fraction of sp³-hybridized carbons (Fsp3) is 0.438. The lowest BCUT2D eigenvalue weighted by atomic mass is 9.76. The highest BCUT2D eigenvalue weighted by Gasteiger charge is 2.53. The molecule has 1 aliphatic heterocycles. The maximum atomic E-state index is 6.13. The summed E-state index contributed by atoms with van der Waals surface area (Å²) >= 11 is 0. The maximum absolute atomic E-state index is 6.13. The molecule has 0 bridgehead atoms. The molecule has 1 saturated heterocycles. The topological polar surface area (TPSA) is 44.5 Å². The van der Waals surface area contributed by atoms with E-state index in [1.807, 2.05) is 65.0 Å². The van der Waals surface area contributed by atoms with Gasteiger partial charge in [-0.2, -0.15) is 0 Å². The van der Waals surface area contributed by atoms with Crippen LogP contribution in [0.3, 0.4) is 0 Å². The number of hydrogen-bond donors (Lipinski definition) is 0. The zero-order valence-corrected chi connectivity index (χ0v) is 13.1. The molecule has 1 fully saturated rings. The highest BCUT2D eigenvalue weighted by Crippen LogP contribution is 2.37. The molecular formula is C16H20BNO3. The van der Waals surface area contributed by atoms with Gasteiger partial charge in [-0.15, -0.1) is 0 Å². The van der Waals surface area contributed by atoms with E-state index in [0.717, 1.165) is 22.5 Å². The number of aromatic nitrogens is 1. The molecule has 5 heteroatoms. The van der Waals surface area contributed by atoms with Crippen LogP contribution in [-0.2, 0) is 9.31 Å². The van der Waals surface area contributed by atoms with Crippen LogP contribution in [0.15, 0.2) is 34.9 Å². The third-order valence-corrected chi connectivity index (χ3v) is 4.44. The average molecular weight is 285 g/mol. The Kier molecular flexibility index (Phi) is 3.22. The first-order valence-corrected chi connectivity index (χ1v) is 7.19. The molecular weight excluding hydrogens is 265 g/mol. The highest BCUT2D eigenvalue weighted by molar-refractivity contribution is 6.64. The standard InChI is InChI=1S/C16H20BNO3/c1-11-13(17-20-15(2,3)16(4,5)21-17)14(18-19-11)12-9-7-6-8-10-12/h6-10H,1-5H3. The summed E-state index contributed by atoms with van der Waals surface area (Å²) in [4.78, 5) is 0. The molecule has 0 saturated carbocycles. The Labute approximate surface area is 125 Å². The molecule has 2 aromatic rings. The Morgan fingerprint density at radius 2 is 1.52 bits per heavy atom. The summed E-state index contributed by atoms with van der Waals surface area (Å²) in [6.45, 7) is 10.0. The highest BCUT2D eigenvalue weighted by atomic mass is 16.7. The van der Waals surface area contributed by atoms with Gasteiger partial charge in [-0.05, 0) is 34.6 Å². The van der Waals surface area contributed by atoms with Gasteiger partial charge in [0.2, 0.25) is 0 Å². The van der Waals surface area contributed by atoms with E-state index in [-0.39, 0.29) is 11.2 Å². The monoisotopic (exact) mass is 285 g/mol. The van der Waals surface area contributed by atoms with E-state index in [9.17, 15) is 0 Å². The van der Waals surface area contributed by atoms with Crippen molar-refractivity contribution in [1.29, 1.82) is 0 Å². The third-order valence-electron chi connectivity index (χ3n) is 4.44. The quantitative estimate of drug-likeness (QED) is 0.796. The zero-order chi connectivity index (χ0) is 15.3. The minimum atomic E-state index is -0.462. The minimum Gasteiger partial charge on any atom is -0.399 e. The van der Waals surface area contributed by atoms with Crippen LogP contribution in [0.1, 0.15) is 33.5 Å². The minimum absolute atomic E-state index is 0.380. The second-order valence-electron chi connectivity index (χ2n) is 6.46. The van der Waals surface area contributed by atoms with E-state index >= 15 is 0 Å². The van der Waals surface area contributed by atoms with Crippen molar-refractivity contribution in [2.45, 2.75) is 45.8 Å². The largest absolute Gasteiger partial charge is 0.500 e. The van der Waals surface area contributed by atoms with E-state index in [0.29, 0.717) is 0 Å². The molecule has 3 rings (SSSR count). The molecule has 0 aliphatic carbocycles. The van der Waals surface area contributed by atoms with E-state index in [2.05, 4.69) is 5.16 Å². The lowest BCUT2D eigenvalue weighted by molar-refractivity contribution is 0.00578. The van der Waals surface area contributed by atoms with Crippen LogP contribution in [0.2, 0.25) is 0 Å². The second kappa shape index (κ2) is 4.72. The molecule has 2 heterocycles. The third kappa shape index (κ3) is 2.30. The SMILES string of the molecule is Cc1onc(-c2ccccc2)c1B1OC(C)(C)C(C)(C)O1. The number of benzene rings is 1. The Balaban J connectivity index is 2.03.